The summed E-state index contributed by atoms with van der Waals surface area (Å²) in [6.07, 6.45) is 5.99. The molecule has 1 aromatic heterocycles. The number of rotatable bonds is 4. The third kappa shape index (κ3) is 5.82. The van der Waals surface area contributed by atoms with Crippen molar-refractivity contribution < 1.29 is 4.79 Å². The number of nitrogens with two attached hydrogens (primary N) is 1. The zero-order valence-corrected chi connectivity index (χ0v) is 18.9. The largest absolute Gasteiger partial charge is 0.366 e. The van der Waals surface area contributed by atoms with Crippen LogP contribution in [0.2, 0.25) is 0 Å². The average molecular weight is 424 g/mol. The van der Waals surface area contributed by atoms with Gasteiger partial charge in [-0.15, -0.1) is 0 Å². The molecule has 4 aromatic rings. The molecule has 3 aromatic carbocycles. The number of hydrogen-bond acceptors (Lipinski definition) is 2. The lowest BCUT2D eigenvalue weighted by molar-refractivity contribution is 0.100. The van der Waals surface area contributed by atoms with Crippen LogP contribution >= 0.6 is 0 Å². The third-order valence-corrected chi connectivity index (χ3v) is 5.24. The van der Waals surface area contributed by atoms with Gasteiger partial charge in [0.2, 0.25) is 5.91 Å². The summed E-state index contributed by atoms with van der Waals surface area (Å²) in [7, 11) is 0. The normalized spacial score (nSPS) is 11.8. The molecule has 162 valence electrons. The van der Waals surface area contributed by atoms with Crippen LogP contribution in [0.1, 0.15) is 28.4 Å². The van der Waals surface area contributed by atoms with E-state index in [0.717, 1.165) is 27.0 Å². The smallest absolute Gasteiger partial charge is 0.248 e. The summed E-state index contributed by atoms with van der Waals surface area (Å²) >= 11 is 0. The molecular weight excluding hydrogens is 394 g/mol. The summed E-state index contributed by atoms with van der Waals surface area (Å²) in [6.45, 7) is 11.0. The molecule has 0 atom stereocenters. The van der Waals surface area contributed by atoms with Crippen molar-refractivity contribution in [1.82, 2.24) is 9.55 Å². The minimum Gasteiger partial charge on any atom is -0.366 e. The van der Waals surface area contributed by atoms with Crippen LogP contribution in [-0.4, -0.2) is 15.5 Å². The number of carbonyl (C=O) groups excluding carboxylic acids is 1. The van der Waals surface area contributed by atoms with Gasteiger partial charge in [-0.3, -0.25) is 4.79 Å². The van der Waals surface area contributed by atoms with Gasteiger partial charge >= 0.3 is 0 Å². The first-order chi connectivity index (χ1) is 15.4. The molecule has 1 amide bonds. The van der Waals surface area contributed by atoms with Crippen LogP contribution in [0.4, 0.5) is 0 Å². The molecule has 4 rings (SSSR count). The Morgan fingerprint density at radius 2 is 1.69 bits per heavy atom. The van der Waals surface area contributed by atoms with Gasteiger partial charge in [0.15, 0.2) is 0 Å². The molecule has 0 unspecified atom stereocenters. The van der Waals surface area contributed by atoms with E-state index in [9.17, 15) is 4.79 Å². The fourth-order valence-corrected chi connectivity index (χ4v) is 3.27. The highest BCUT2D eigenvalue weighted by Gasteiger charge is 2.07. The second-order valence-electron chi connectivity index (χ2n) is 7.80. The molecule has 2 N–H and O–H groups in total. The molecule has 0 fully saturated rings. The molecule has 0 saturated heterocycles. The van der Waals surface area contributed by atoms with Gasteiger partial charge in [0.25, 0.3) is 0 Å². The molecule has 4 nitrogen and oxygen atoms in total. The Kier molecular flexibility index (Phi) is 7.40. The molecule has 4 heteroatoms. The Balaban J connectivity index is 0.000000305. The minimum atomic E-state index is -0.444. The summed E-state index contributed by atoms with van der Waals surface area (Å²) in [6, 6.07) is 21.8. The van der Waals surface area contributed by atoms with E-state index in [1.165, 1.54) is 11.1 Å². The number of carbonyl (C=O) groups is 1. The highest BCUT2D eigenvalue weighted by molar-refractivity contribution is 5.96. The van der Waals surface area contributed by atoms with Crippen LogP contribution < -0.4 is 16.2 Å². The summed E-state index contributed by atoms with van der Waals surface area (Å²) < 4.78 is 2.05. The Bertz CT molecular complexity index is 1340. The molecule has 0 spiro atoms. The van der Waals surface area contributed by atoms with Crippen LogP contribution in [0.25, 0.3) is 23.7 Å². The number of allylic oxidation sites excluding steroid dienone is 2. The van der Waals surface area contributed by atoms with Gasteiger partial charge in [-0.25, -0.2) is 4.98 Å². The molecule has 0 aliphatic heterocycles. The Hall–Kier alpha value is -3.92. The van der Waals surface area contributed by atoms with E-state index < -0.39 is 5.91 Å². The minimum absolute atomic E-state index is 0.444. The number of imidazole rings is 1. The fourth-order valence-electron chi connectivity index (χ4n) is 3.27. The van der Waals surface area contributed by atoms with Gasteiger partial charge in [-0.05, 0) is 61.1 Å². The van der Waals surface area contributed by atoms with Crippen molar-refractivity contribution in [2.45, 2.75) is 27.3 Å². The lowest BCUT2D eigenvalue weighted by Crippen LogP contribution is -2.22. The van der Waals surface area contributed by atoms with E-state index in [-0.39, 0.29) is 0 Å². The number of fused-ring (bicyclic) bond motifs is 1. The van der Waals surface area contributed by atoms with E-state index in [0.29, 0.717) is 12.1 Å². The zero-order chi connectivity index (χ0) is 23.1. The first kappa shape index (κ1) is 22.8. The van der Waals surface area contributed by atoms with Gasteiger partial charge in [-0.2, -0.15) is 0 Å². The second-order valence-corrected chi connectivity index (χ2v) is 7.80. The highest BCUT2D eigenvalue weighted by Crippen LogP contribution is 2.16. The monoisotopic (exact) mass is 423 g/mol. The Labute approximate surface area is 189 Å². The summed E-state index contributed by atoms with van der Waals surface area (Å²) in [4.78, 5) is 15.7. The number of nitrogens with zero attached hydrogens (tertiary/aromatic N) is 2. The van der Waals surface area contributed by atoms with Crippen molar-refractivity contribution in [3.63, 3.8) is 0 Å². The van der Waals surface area contributed by atoms with Gasteiger partial charge in [0.05, 0.1) is 17.4 Å². The van der Waals surface area contributed by atoms with Gasteiger partial charge in [0.1, 0.15) is 0 Å². The lowest BCUT2D eigenvalue weighted by Gasteiger charge is -2.06. The maximum absolute atomic E-state index is 11.3. The topological polar surface area (TPSA) is 60.9 Å². The molecule has 32 heavy (non-hydrogen) atoms. The standard InChI is InChI=1S/C20H19N3O.C8H10/c1-3-15(10-16-7-5-4-6-14(16)2)12-23-13-22-18-11-17(20(21)24)8-9-19(18)23;1-7-3-5-8(2)6-4-7/h3-11,13H,2,12H2,1H3,(H2,21,24);3-6H,1-2H3/b15-3+,16-10-;. The SMILES string of the molecule is C=c1cccc/c1=C/C(=C\C)Cn1cnc2cc(C(N)=O)ccc21.Cc1ccc(C)cc1. The van der Waals surface area contributed by atoms with E-state index in [1.807, 2.05) is 31.2 Å². The van der Waals surface area contributed by atoms with E-state index in [1.54, 1.807) is 18.5 Å². The molecule has 0 saturated carbocycles. The molecule has 0 bridgehead atoms. The van der Waals surface area contributed by atoms with Crippen molar-refractivity contribution in [3.05, 3.63) is 112 Å². The average Bonchev–Trinajstić information content (AvgIpc) is 3.19. The molecule has 0 aliphatic carbocycles. The van der Waals surface area contributed by atoms with Crippen molar-refractivity contribution in [1.29, 1.82) is 0 Å². The first-order valence-corrected chi connectivity index (χ1v) is 10.6. The van der Waals surface area contributed by atoms with Crippen LogP contribution in [0.3, 0.4) is 0 Å². The molecular formula is C28H29N3O. The number of amides is 1. The third-order valence-electron chi connectivity index (χ3n) is 5.24. The number of benzene rings is 3. The van der Waals surface area contributed by atoms with Crippen molar-refractivity contribution in [3.8, 4) is 0 Å². The van der Waals surface area contributed by atoms with E-state index in [2.05, 4.69) is 72.5 Å². The molecule has 0 aliphatic rings. The highest BCUT2D eigenvalue weighted by atomic mass is 16.1. The quantitative estimate of drug-likeness (QED) is 0.533. The van der Waals surface area contributed by atoms with Gasteiger partial charge in [-0.1, -0.05) is 72.3 Å². The van der Waals surface area contributed by atoms with Crippen molar-refractivity contribution in [2.75, 3.05) is 0 Å². The predicted octanol–water partition coefficient (Wildman–Crippen LogP) is 4.28. The maximum atomic E-state index is 11.3. The Morgan fingerprint density at radius 3 is 2.28 bits per heavy atom. The number of aryl methyl sites for hydroxylation is 2. The molecule has 0 radical (unpaired) electrons. The summed E-state index contributed by atoms with van der Waals surface area (Å²) in [5, 5.41) is 2.10. The lowest BCUT2D eigenvalue weighted by atomic mass is 10.1. The summed E-state index contributed by atoms with van der Waals surface area (Å²) in [5.41, 5.74) is 11.3. The first-order valence-electron chi connectivity index (χ1n) is 10.6. The van der Waals surface area contributed by atoms with Crippen LogP contribution in [0, 0.1) is 13.8 Å². The van der Waals surface area contributed by atoms with E-state index >= 15 is 0 Å². The predicted molar refractivity (Wildman–Crippen MR) is 134 cm³/mol. The van der Waals surface area contributed by atoms with Gasteiger partial charge < -0.3 is 10.3 Å². The molecule has 1 heterocycles. The van der Waals surface area contributed by atoms with Crippen LogP contribution in [-0.2, 0) is 6.54 Å². The fraction of sp³-hybridized carbons (Fsp3) is 0.143. The van der Waals surface area contributed by atoms with E-state index in [4.69, 9.17) is 5.73 Å². The van der Waals surface area contributed by atoms with Gasteiger partial charge in [0, 0.05) is 12.1 Å². The van der Waals surface area contributed by atoms with Crippen LogP contribution in [0.15, 0.2) is 84.7 Å². The maximum Gasteiger partial charge on any atom is 0.248 e. The summed E-state index contributed by atoms with van der Waals surface area (Å²) in [5.74, 6) is -0.444. The number of aromatic nitrogens is 2. The number of primary amides is 1. The zero-order valence-electron chi connectivity index (χ0n) is 18.9. The van der Waals surface area contributed by atoms with Crippen LogP contribution in [0.5, 0.6) is 0 Å². The second kappa shape index (κ2) is 10.4. The van der Waals surface area contributed by atoms with Crippen molar-refractivity contribution >= 4 is 29.6 Å². The Morgan fingerprint density at radius 1 is 1.03 bits per heavy atom. The van der Waals surface area contributed by atoms with Crippen molar-refractivity contribution in [2.24, 2.45) is 5.73 Å². The number of hydrogen-bond donors (Lipinski definition) is 1.